The fraction of sp³-hybridized carbons (Fsp3) is 0.125. The predicted octanol–water partition coefficient (Wildman–Crippen LogP) is 5.43. The first-order valence-corrected chi connectivity index (χ1v) is 9.11. The van der Waals surface area contributed by atoms with Crippen LogP contribution in [0, 0.1) is 13.8 Å². The number of rotatable bonds is 0. The van der Waals surface area contributed by atoms with Crippen LogP contribution >= 0.6 is 0 Å². The zero-order chi connectivity index (χ0) is 17.6. The van der Waals surface area contributed by atoms with Gasteiger partial charge in [-0.25, -0.2) is 0 Å². The van der Waals surface area contributed by atoms with E-state index in [0.717, 1.165) is 0 Å². The number of hydrogen-bond acceptors (Lipinski definition) is 0. The molecule has 2 nitrogen and oxygen atoms in total. The minimum absolute atomic E-state index is 1.29. The molecule has 2 heteroatoms. The standard InChI is InChI=1S/C24H19N2/c1-14-12-16-9-8-15(2)21-22(16)20(13-14)26-19-7-5-4-6-17(19)18-10-11-25(3)24(21)23(18)26/h4-13H,1-3H3/q+1. The van der Waals surface area contributed by atoms with Gasteiger partial charge in [0.2, 0.25) is 5.52 Å². The molecule has 0 fully saturated rings. The molecule has 0 amide bonds. The summed E-state index contributed by atoms with van der Waals surface area (Å²) in [6.45, 7) is 4.43. The van der Waals surface area contributed by atoms with Gasteiger partial charge in [-0.15, -0.1) is 0 Å². The Labute approximate surface area is 151 Å². The van der Waals surface area contributed by atoms with Crippen molar-refractivity contribution in [2.24, 2.45) is 7.05 Å². The maximum absolute atomic E-state index is 2.47. The summed E-state index contributed by atoms with van der Waals surface area (Å²) < 4.78 is 4.75. The molecule has 0 radical (unpaired) electrons. The number of aryl methyl sites for hydroxylation is 3. The molecule has 0 aliphatic carbocycles. The summed E-state index contributed by atoms with van der Waals surface area (Å²) in [6, 6.07) is 20.2. The molecule has 0 aliphatic heterocycles. The van der Waals surface area contributed by atoms with Crippen molar-refractivity contribution in [2.75, 3.05) is 0 Å². The van der Waals surface area contributed by atoms with Gasteiger partial charge in [-0.05, 0) is 42.5 Å². The average Bonchev–Trinajstić information content (AvgIpc) is 2.97. The fourth-order valence-corrected chi connectivity index (χ4v) is 4.82. The topological polar surface area (TPSA) is 8.29 Å². The van der Waals surface area contributed by atoms with E-state index in [1.165, 1.54) is 60.1 Å². The van der Waals surface area contributed by atoms with Crippen LogP contribution in [0.4, 0.5) is 0 Å². The second kappa shape index (κ2) is 4.53. The molecule has 0 saturated carbocycles. The lowest BCUT2D eigenvalue weighted by atomic mass is 9.96. The molecule has 6 rings (SSSR count). The summed E-state index contributed by atoms with van der Waals surface area (Å²) in [6.07, 6.45) is 2.20. The highest BCUT2D eigenvalue weighted by Gasteiger charge is 2.23. The Hall–Kier alpha value is -3.13. The molecule has 0 N–H and O–H groups in total. The van der Waals surface area contributed by atoms with Crippen molar-refractivity contribution in [2.45, 2.75) is 13.8 Å². The third kappa shape index (κ3) is 1.51. The number of hydrogen-bond donors (Lipinski definition) is 0. The Morgan fingerprint density at radius 3 is 2.54 bits per heavy atom. The SMILES string of the molecule is Cc1cc2ccc(C)c3c2c(c1)n1c2ccccc2c2cc[n+](C)c3c21. The second-order valence-electron chi connectivity index (χ2n) is 7.53. The highest BCUT2D eigenvalue weighted by atomic mass is 15.0. The molecule has 26 heavy (non-hydrogen) atoms. The Kier molecular flexibility index (Phi) is 2.45. The van der Waals surface area contributed by atoms with E-state index in [1.54, 1.807) is 0 Å². The smallest absolute Gasteiger partial charge is 0.238 e. The minimum Gasteiger partial charge on any atom is -0.303 e. The van der Waals surface area contributed by atoms with E-state index < -0.39 is 0 Å². The zero-order valence-electron chi connectivity index (χ0n) is 15.2. The van der Waals surface area contributed by atoms with E-state index in [4.69, 9.17) is 0 Å². The van der Waals surface area contributed by atoms with Crippen molar-refractivity contribution in [3.05, 3.63) is 71.9 Å². The van der Waals surface area contributed by atoms with Gasteiger partial charge >= 0.3 is 0 Å². The number of pyridine rings is 2. The summed E-state index contributed by atoms with van der Waals surface area (Å²) >= 11 is 0. The van der Waals surface area contributed by atoms with Crippen LogP contribution < -0.4 is 4.57 Å². The second-order valence-corrected chi connectivity index (χ2v) is 7.53. The van der Waals surface area contributed by atoms with Crippen molar-refractivity contribution in [1.29, 1.82) is 0 Å². The van der Waals surface area contributed by atoms with E-state index in [9.17, 15) is 0 Å². The van der Waals surface area contributed by atoms with Crippen molar-refractivity contribution >= 4 is 49.0 Å². The first kappa shape index (κ1) is 14.1. The largest absolute Gasteiger partial charge is 0.303 e. The monoisotopic (exact) mass is 335 g/mol. The van der Waals surface area contributed by atoms with Crippen LogP contribution in [0.1, 0.15) is 11.1 Å². The Morgan fingerprint density at radius 1 is 0.808 bits per heavy atom. The highest BCUT2D eigenvalue weighted by Crippen LogP contribution is 2.40. The molecule has 0 spiro atoms. The highest BCUT2D eigenvalue weighted by molar-refractivity contribution is 6.25. The zero-order valence-corrected chi connectivity index (χ0v) is 15.2. The maximum atomic E-state index is 2.47. The van der Waals surface area contributed by atoms with Gasteiger partial charge in [0.1, 0.15) is 12.6 Å². The summed E-state index contributed by atoms with van der Waals surface area (Å²) in [7, 11) is 2.16. The Balaban J connectivity index is 2.17. The molecule has 3 aromatic carbocycles. The van der Waals surface area contributed by atoms with Crippen molar-refractivity contribution in [3.8, 4) is 0 Å². The summed E-state index contributed by atoms with van der Waals surface area (Å²) in [5.41, 5.74) is 7.87. The lowest BCUT2D eigenvalue weighted by Gasteiger charge is -2.14. The number of para-hydroxylation sites is 1. The van der Waals surface area contributed by atoms with E-state index in [1.807, 2.05) is 0 Å². The van der Waals surface area contributed by atoms with Gasteiger partial charge in [0.05, 0.1) is 16.4 Å². The first-order valence-electron chi connectivity index (χ1n) is 9.11. The fourth-order valence-electron chi connectivity index (χ4n) is 4.82. The maximum Gasteiger partial charge on any atom is 0.238 e. The van der Waals surface area contributed by atoms with Crippen LogP contribution in [0.2, 0.25) is 0 Å². The average molecular weight is 335 g/mol. The van der Waals surface area contributed by atoms with E-state index >= 15 is 0 Å². The number of nitrogens with zero attached hydrogens (tertiary/aromatic N) is 2. The molecule has 0 saturated heterocycles. The van der Waals surface area contributed by atoms with Gasteiger partial charge in [0, 0.05) is 22.2 Å². The van der Waals surface area contributed by atoms with Crippen molar-refractivity contribution < 1.29 is 4.57 Å². The Bertz CT molecular complexity index is 1500. The van der Waals surface area contributed by atoms with Crippen LogP contribution in [0.3, 0.4) is 0 Å². The summed E-state index contributed by atoms with van der Waals surface area (Å²) in [4.78, 5) is 0. The van der Waals surface area contributed by atoms with E-state index in [2.05, 4.69) is 90.7 Å². The third-order valence-corrected chi connectivity index (χ3v) is 5.88. The van der Waals surface area contributed by atoms with Gasteiger partial charge in [0.15, 0.2) is 6.20 Å². The number of fused-ring (bicyclic) bond motifs is 5. The van der Waals surface area contributed by atoms with Crippen molar-refractivity contribution in [3.63, 3.8) is 0 Å². The molecule has 0 unspecified atom stereocenters. The third-order valence-electron chi connectivity index (χ3n) is 5.88. The molecular formula is C24H19N2+. The first-order chi connectivity index (χ1) is 12.6. The molecule has 0 bridgehead atoms. The van der Waals surface area contributed by atoms with Crippen LogP contribution in [-0.4, -0.2) is 4.40 Å². The molecular weight excluding hydrogens is 316 g/mol. The van der Waals surface area contributed by atoms with Gasteiger partial charge in [-0.3, -0.25) is 0 Å². The number of benzene rings is 3. The summed E-state index contributed by atoms with van der Waals surface area (Å²) in [5.74, 6) is 0. The van der Waals surface area contributed by atoms with Crippen LogP contribution in [-0.2, 0) is 7.05 Å². The predicted molar refractivity (Wildman–Crippen MR) is 109 cm³/mol. The molecule has 3 heterocycles. The normalized spacial score (nSPS) is 12.4. The van der Waals surface area contributed by atoms with Gasteiger partial charge in [-0.1, -0.05) is 36.4 Å². The molecule has 6 aromatic rings. The van der Waals surface area contributed by atoms with Crippen molar-refractivity contribution in [1.82, 2.24) is 4.40 Å². The van der Waals surface area contributed by atoms with Crippen LogP contribution in [0.15, 0.2) is 60.8 Å². The van der Waals surface area contributed by atoms with Gasteiger partial charge in [-0.2, -0.15) is 4.57 Å². The molecule has 0 atom stereocenters. The lowest BCUT2D eigenvalue weighted by molar-refractivity contribution is -0.644. The lowest BCUT2D eigenvalue weighted by Crippen LogP contribution is -2.28. The molecule has 0 aliphatic rings. The quantitative estimate of drug-likeness (QED) is 0.199. The molecule has 3 aromatic heterocycles. The van der Waals surface area contributed by atoms with E-state index in [-0.39, 0.29) is 0 Å². The minimum atomic E-state index is 1.29. The molecule has 124 valence electrons. The Morgan fingerprint density at radius 2 is 1.65 bits per heavy atom. The van der Waals surface area contributed by atoms with Crippen LogP contribution in [0.25, 0.3) is 49.0 Å². The number of aromatic nitrogens is 2. The summed E-state index contributed by atoms with van der Waals surface area (Å²) in [5, 5.41) is 6.72. The van der Waals surface area contributed by atoms with Gasteiger partial charge in [0.25, 0.3) is 0 Å². The van der Waals surface area contributed by atoms with E-state index in [0.29, 0.717) is 0 Å². The van der Waals surface area contributed by atoms with Gasteiger partial charge < -0.3 is 4.40 Å². The van der Waals surface area contributed by atoms with Crippen LogP contribution in [0.5, 0.6) is 0 Å².